The Hall–Kier alpha value is -2.95. The van der Waals surface area contributed by atoms with E-state index in [1.807, 2.05) is 36.4 Å². The van der Waals surface area contributed by atoms with Crippen molar-refractivity contribution in [1.29, 1.82) is 0 Å². The number of H-pyrrole nitrogens is 1. The van der Waals surface area contributed by atoms with E-state index in [4.69, 9.17) is 9.47 Å². The second-order valence-electron chi connectivity index (χ2n) is 6.34. The van der Waals surface area contributed by atoms with E-state index in [0.717, 1.165) is 39.1 Å². The first-order valence-electron chi connectivity index (χ1n) is 8.76. The lowest BCUT2D eigenvalue weighted by Gasteiger charge is -2.15. The van der Waals surface area contributed by atoms with Crippen LogP contribution in [0.2, 0.25) is 0 Å². The smallest absolute Gasteiger partial charge is 0.184 e. The molecule has 3 aromatic carbocycles. The van der Waals surface area contributed by atoms with Crippen molar-refractivity contribution < 1.29 is 9.47 Å². The van der Waals surface area contributed by atoms with E-state index >= 15 is 0 Å². The van der Waals surface area contributed by atoms with Gasteiger partial charge in [0.25, 0.3) is 0 Å². The predicted molar refractivity (Wildman–Crippen MR) is 102 cm³/mol. The predicted octanol–water partition coefficient (Wildman–Crippen LogP) is 4.94. The van der Waals surface area contributed by atoms with Gasteiger partial charge in [-0.2, -0.15) is 0 Å². The molecule has 4 heteroatoms. The minimum absolute atomic E-state index is 0.277. The highest BCUT2D eigenvalue weighted by molar-refractivity contribution is 5.80. The first-order valence-corrected chi connectivity index (χ1v) is 8.76. The monoisotopic (exact) mass is 342 g/mol. The van der Waals surface area contributed by atoms with E-state index in [9.17, 15) is 0 Å². The second kappa shape index (κ2) is 6.41. The van der Waals surface area contributed by atoms with Crippen LogP contribution < -0.4 is 0 Å². The molecule has 4 nitrogen and oxygen atoms in total. The Kier molecular flexibility index (Phi) is 3.77. The van der Waals surface area contributed by atoms with Gasteiger partial charge in [-0.1, -0.05) is 60.7 Å². The zero-order valence-corrected chi connectivity index (χ0v) is 14.2. The van der Waals surface area contributed by atoms with Crippen molar-refractivity contribution in [2.24, 2.45) is 0 Å². The van der Waals surface area contributed by atoms with E-state index in [2.05, 4.69) is 46.4 Å². The van der Waals surface area contributed by atoms with Crippen LogP contribution in [0.1, 0.15) is 11.9 Å². The van der Waals surface area contributed by atoms with Gasteiger partial charge in [-0.3, -0.25) is 0 Å². The molecule has 26 heavy (non-hydrogen) atoms. The van der Waals surface area contributed by atoms with Gasteiger partial charge in [0.15, 0.2) is 6.29 Å². The number of nitrogens with one attached hydrogen (secondary N) is 1. The van der Waals surface area contributed by atoms with Crippen molar-refractivity contribution in [2.75, 3.05) is 13.2 Å². The van der Waals surface area contributed by atoms with Gasteiger partial charge in [-0.25, -0.2) is 4.98 Å². The summed E-state index contributed by atoms with van der Waals surface area (Å²) in [5.41, 5.74) is 6.44. The highest BCUT2D eigenvalue weighted by Gasteiger charge is 2.21. The average Bonchev–Trinajstić information content (AvgIpc) is 3.38. The third-order valence-corrected chi connectivity index (χ3v) is 4.70. The maximum atomic E-state index is 5.69. The molecule has 0 unspecified atom stereocenters. The number of aromatic nitrogens is 2. The van der Waals surface area contributed by atoms with E-state index in [1.165, 1.54) is 0 Å². The van der Waals surface area contributed by atoms with Crippen molar-refractivity contribution in [3.63, 3.8) is 0 Å². The summed E-state index contributed by atoms with van der Waals surface area (Å²) in [4.78, 5) is 8.05. The Balaban J connectivity index is 1.50. The van der Waals surface area contributed by atoms with Gasteiger partial charge in [0, 0.05) is 11.1 Å². The first-order chi connectivity index (χ1) is 12.9. The summed E-state index contributed by atoms with van der Waals surface area (Å²) >= 11 is 0. The Labute approximate surface area is 151 Å². The number of fused-ring (bicyclic) bond motifs is 1. The lowest BCUT2D eigenvalue weighted by Crippen LogP contribution is -2.00. The van der Waals surface area contributed by atoms with Crippen LogP contribution in [-0.4, -0.2) is 23.2 Å². The number of para-hydroxylation sites is 2. The summed E-state index contributed by atoms with van der Waals surface area (Å²) in [6.07, 6.45) is -0.277. The molecule has 2 heterocycles. The second-order valence-corrected chi connectivity index (χ2v) is 6.34. The maximum absolute atomic E-state index is 5.69. The summed E-state index contributed by atoms with van der Waals surface area (Å²) < 4.78 is 11.4. The molecular weight excluding hydrogens is 324 g/mol. The van der Waals surface area contributed by atoms with E-state index in [-0.39, 0.29) is 6.29 Å². The number of imidazole rings is 1. The Morgan fingerprint density at radius 3 is 2.27 bits per heavy atom. The third-order valence-electron chi connectivity index (χ3n) is 4.70. The molecule has 1 aromatic heterocycles. The van der Waals surface area contributed by atoms with E-state index < -0.39 is 0 Å². The number of aromatic amines is 1. The summed E-state index contributed by atoms with van der Waals surface area (Å²) in [6, 6.07) is 24.7. The number of hydrogen-bond donors (Lipinski definition) is 1. The van der Waals surface area contributed by atoms with Gasteiger partial charge < -0.3 is 14.5 Å². The number of ether oxygens (including phenoxy) is 2. The molecule has 128 valence electrons. The van der Waals surface area contributed by atoms with Crippen LogP contribution in [0.25, 0.3) is 33.5 Å². The number of hydrogen-bond acceptors (Lipinski definition) is 3. The molecule has 0 atom stereocenters. The van der Waals surface area contributed by atoms with Gasteiger partial charge in [0.05, 0.1) is 24.2 Å². The van der Waals surface area contributed by atoms with Crippen molar-refractivity contribution >= 4 is 11.0 Å². The number of rotatable bonds is 3. The maximum Gasteiger partial charge on any atom is 0.184 e. The summed E-state index contributed by atoms with van der Waals surface area (Å²) in [7, 11) is 0. The molecule has 0 saturated carbocycles. The van der Waals surface area contributed by atoms with Gasteiger partial charge in [-0.15, -0.1) is 0 Å². The summed E-state index contributed by atoms with van der Waals surface area (Å²) in [5, 5.41) is 0. The van der Waals surface area contributed by atoms with Gasteiger partial charge in [0.1, 0.15) is 5.82 Å². The van der Waals surface area contributed by atoms with Crippen molar-refractivity contribution in [2.45, 2.75) is 6.29 Å². The molecule has 5 rings (SSSR count). The lowest BCUT2D eigenvalue weighted by atomic mass is 9.98. The Morgan fingerprint density at radius 2 is 1.46 bits per heavy atom. The Morgan fingerprint density at radius 1 is 0.769 bits per heavy atom. The zero-order chi connectivity index (χ0) is 17.3. The normalized spacial score (nSPS) is 14.9. The molecule has 1 fully saturated rings. The molecule has 0 aliphatic carbocycles. The first kappa shape index (κ1) is 15.3. The molecule has 1 saturated heterocycles. The van der Waals surface area contributed by atoms with Crippen LogP contribution in [0, 0.1) is 0 Å². The van der Waals surface area contributed by atoms with Gasteiger partial charge in [-0.05, 0) is 23.3 Å². The molecule has 1 aliphatic rings. The summed E-state index contributed by atoms with van der Waals surface area (Å²) in [6.45, 7) is 1.29. The molecule has 0 bridgehead atoms. The molecule has 0 amide bonds. The highest BCUT2D eigenvalue weighted by Crippen LogP contribution is 2.33. The molecular formula is C22H18N2O2. The standard InChI is InChI=1S/C22H18N2O2/c1-2-6-18(22-25-13-14-26-22)17(5-1)15-9-11-16(12-10-15)21-23-19-7-3-4-8-20(19)24-21/h1-12,22H,13-14H2,(H,23,24). The zero-order valence-electron chi connectivity index (χ0n) is 14.2. The van der Waals surface area contributed by atoms with Crippen molar-refractivity contribution in [1.82, 2.24) is 9.97 Å². The van der Waals surface area contributed by atoms with E-state index in [1.54, 1.807) is 0 Å². The van der Waals surface area contributed by atoms with Crippen LogP contribution in [-0.2, 0) is 9.47 Å². The quantitative estimate of drug-likeness (QED) is 0.573. The lowest BCUT2D eigenvalue weighted by molar-refractivity contribution is -0.0436. The van der Waals surface area contributed by atoms with E-state index in [0.29, 0.717) is 13.2 Å². The SMILES string of the molecule is c1ccc(C2OCCO2)c(-c2ccc(-c3nc4ccccc4[nH]3)cc2)c1. The fourth-order valence-corrected chi connectivity index (χ4v) is 3.40. The fourth-order valence-electron chi connectivity index (χ4n) is 3.40. The van der Waals surface area contributed by atoms with Crippen LogP contribution in [0.3, 0.4) is 0 Å². The fraction of sp³-hybridized carbons (Fsp3) is 0.136. The van der Waals surface area contributed by atoms with Gasteiger partial charge >= 0.3 is 0 Å². The number of benzene rings is 3. The minimum Gasteiger partial charge on any atom is -0.346 e. The molecule has 4 aromatic rings. The molecule has 0 spiro atoms. The Bertz CT molecular complexity index is 1010. The number of nitrogens with zero attached hydrogens (tertiary/aromatic N) is 1. The van der Waals surface area contributed by atoms with Crippen LogP contribution in [0.4, 0.5) is 0 Å². The average molecular weight is 342 g/mol. The van der Waals surface area contributed by atoms with Crippen LogP contribution >= 0.6 is 0 Å². The van der Waals surface area contributed by atoms with Crippen molar-refractivity contribution in [3.8, 4) is 22.5 Å². The summed E-state index contributed by atoms with van der Waals surface area (Å²) in [5.74, 6) is 0.883. The molecule has 1 aliphatic heterocycles. The van der Waals surface area contributed by atoms with Crippen molar-refractivity contribution in [3.05, 3.63) is 78.4 Å². The third kappa shape index (κ3) is 2.69. The largest absolute Gasteiger partial charge is 0.346 e. The minimum atomic E-state index is -0.277. The van der Waals surface area contributed by atoms with Crippen LogP contribution in [0.5, 0.6) is 0 Å². The van der Waals surface area contributed by atoms with Crippen LogP contribution in [0.15, 0.2) is 72.8 Å². The molecule has 0 radical (unpaired) electrons. The molecule has 1 N–H and O–H groups in total. The van der Waals surface area contributed by atoms with Gasteiger partial charge in [0.2, 0.25) is 0 Å². The highest BCUT2D eigenvalue weighted by atomic mass is 16.7. The topological polar surface area (TPSA) is 47.1 Å².